The molecule has 0 radical (unpaired) electrons. The number of anilines is 1. The fourth-order valence-electron chi connectivity index (χ4n) is 5.65. The minimum Gasteiger partial charge on any atom is -0.497 e. The maximum absolute atomic E-state index is 14.1. The van der Waals surface area contributed by atoms with Crippen LogP contribution in [0.1, 0.15) is 56.1 Å². The highest BCUT2D eigenvalue weighted by Crippen LogP contribution is 2.25. The number of halogens is 1. The van der Waals surface area contributed by atoms with Crippen LogP contribution in [-0.4, -0.2) is 57.1 Å². The van der Waals surface area contributed by atoms with Crippen molar-refractivity contribution in [2.75, 3.05) is 24.2 Å². The Morgan fingerprint density at radius 2 is 1.66 bits per heavy atom. The molecule has 1 aliphatic rings. The van der Waals surface area contributed by atoms with Gasteiger partial charge >= 0.3 is 0 Å². The molecule has 1 N–H and O–H groups in total. The Hall–Kier alpha value is -3.37. The largest absolute Gasteiger partial charge is 0.497 e. The SMILES string of the molecule is COc1cccc(N(CCCC(=O)N(Cc2ccc(Br)cc2)[C@@H](Cc2ccccc2)C(=O)NC2CCCCC2)S(C)(=O)=O)c1. The first-order valence-corrected chi connectivity index (χ1v) is 17.8. The molecule has 1 atom stereocenters. The maximum atomic E-state index is 14.1. The minimum absolute atomic E-state index is 0.0779. The van der Waals surface area contributed by atoms with Gasteiger partial charge in [0, 0.05) is 42.5 Å². The van der Waals surface area contributed by atoms with E-state index in [9.17, 15) is 18.0 Å². The van der Waals surface area contributed by atoms with E-state index in [1.165, 1.54) is 17.8 Å². The number of nitrogens with zero attached hydrogens (tertiary/aromatic N) is 2. The molecule has 44 heavy (non-hydrogen) atoms. The van der Waals surface area contributed by atoms with E-state index < -0.39 is 16.1 Å². The number of carbonyl (C=O) groups excluding carboxylic acids is 2. The van der Waals surface area contributed by atoms with Crippen molar-refractivity contribution in [1.29, 1.82) is 0 Å². The van der Waals surface area contributed by atoms with Crippen molar-refractivity contribution in [3.8, 4) is 5.75 Å². The summed E-state index contributed by atoms with van der Waals surface area (Å²) in [4.78, 5) is 29.7. The molecular formula is C34H42BrN3O5S. The number of benzene rings is 3. The molecule has 1 fully saturated rings. The number of amides is 2. The summed E-state index contributed by atoms with van der Waals surface area (Å²) in [5, 5.41) is 3.26. The summed E-state index contributed by atoms with van der Waals surface area (Å²) in [5.41, 5.74) is 2.34. The molecule has 1 saturated carbocycles. The highest BCUT2D eigenvalue weighted by molar-refractivity contribution is 9.10. The maximum Gasteiger partial charge on any atom is 0.243 e. The van der Waals surface area contributed by atoms with E-state index in [4.69, 9.17) is 4.74 Å². The zero-order valence-electron chi connectivity index (χ0n) is 25.5. The third-order valence-electron chi connectivity index (χ3n) is 7.98. The average molecular weight is 685 g/mol. The van der Waals surface area contributed by atoms with Crippen molar-refractivity contribution in [2.45, 2.75) is 70.0 Å². The van der Waals surface area contributed by atoms with Crippen LogP contribution in [0.3, 0.4) is 0 Å². The summed E-state index contributed by atoms with van der Waals surface area (Å²) in [6, 6.07) is 23.7. The molecule has 4 rings (SSSR count). The highest BCUT2D eigenvalue weighted by atomic mass is 79.9. The minimum atomic E-state index is -3.62. The predicted molar refractivity (Wildman–Crippen MR) is 178 cm³/mol. The van der Waals surface area contributed by atoms with Gasteiger partial charge in [0.1, 0.15) is 11.8 Å². The normalized spacial score (nSPS) is 14.4. The lowest BCUT2D eigenvalue weighted by Gasteiger charge is -2.34. The second-order valence-corrected chi connectivity index (χ2v) is 14.2. The number of hydrogen-bond acceptors (Lipinski definition) is 5. The Balaban J connectivity index is 1.58. The van der Waals surface area contributed by atoms with Crippen LogP contribution in [0.5, 0.6) is 5.75 Å². The zero-order valence-corrected chi connectivity index (χ0v) is 27.9. The van der Waals surface area contributed by atoms with E-state index in [0.717, 1.165) is 47.5 Å². The number of nitrogens with one attached hydrogen (secondary N) is 1. The van der Waals surface area contributed by atoms with E-state index in [2.05, 4.69) is 21.2 Å². The van der Waals surface area contributed by atoms with Gasteiger partial charge in [-0.05, 0) is 54.7 Å². The van der Waals surface area contributed by atoms with Gasteiger partial charge in [-0.15, -0.1) is 0 Å². The quantitative estimate of drug-likeness (QED) is 0.222. The molecule has 0 saturated heterocycles. The summed E-state index contributed by atoms with van der Waals surface area (Å²) in [6.07, 6.45) is 7.11. The van der Waals surface area contributed by atoms with Crippen LogP contribution in [0.4, 0.5) is 5.69 Å². The summed E-state index contributed by atoms with van der Waals surface area (Å²) in [7, 11) is -2.09. The van der Waals surface area contributed by atoms with Crippen LogP contribution in [0.25, 0.3) is 0 Å². The fraction of sp³-hybridized carbons (Fsp3) is 0.412. The Morgan fingerprint density at radius 3 is 2.32 bits per heavy atom. The van der Waals surface area contributed by atoms with Crippen molar-refractivity contribution >= 4 is 43.5 Å². The van der Waals surface area contributed by atoms with Crippen molar-refractivity contribution < 1.29 is 22.7 Å². The molecule has 2 amide bonds. The molecule has 8 nitrogen and oxygen atoms in total. The van der Waals surface area contributed by atoms with Gasteiger partial charge in [0.25, 0.3) is 0 Å². The molecule has 0 spiro atoms. The van der Waals surface area contributed by atoms with Crippen molar-refractivity contribution in [3.63, 3.8) is 0 Å². The monoisotopic (exact) mass is 683 g/mol. The number of hydrogen-bond donors (Lipinski definition) is 1. The molecular weight excluding hydrogens is 642 g/mol. The summed E-state index contributed by atoms with van der Waals surface area (Å²) in [6.45, 7) is 0.370. The molecule has 0 unspecified atom stereocenters. The number of methoxy groups -OCH3 is 1. The topological polar surface area (TPSA) is 96.0 Å². The molecule has 0 aliphatic heterocycles. The molecule has 10 heteroatoms. The smallest absolute Gasteiger partial charge is 0.243 e. The lowest BCUT2D eigenvalue weighted by atomic mass is 9.94. The van der Waals surface area contributed by atoms with Gasteiger partial charge in [0.2, 0.25) is 21.8 Å². The lowest BCUT2D eigenvalue weighted by molar-refractivity contribution is -0.141. The lowest BCUT2D eigenvalue weighted by Crippen LogP contribution is -2.52. The van der Waals surface area contributed by atoms with Crippen molar-refractivity contribution in [2.24, 2.45) is 0 Å². The molecule has 3 aromatic rings. The van der Waals surface area contributed by atoms with Crippen LogP contribution in [0.2, 0.25) is 0 Å². The fourth-order valence-corrected chi connectivity index (χ4v) is 6.88. The van der Waals surface area contributed by atoms with Gasteiger partial charge in [-0.2, -0.15) is 0 Å². The zero-order chi connectivity index (χ0) is 31.5. The highest BCUT2D eigenvalue weighted by Gasteiger charge is 2.32. The number of carbonyl (C=O) groups is 2. The molecule has 0 bridgehead atoms. The van der Waals surface area contributed by atoms with E-state index in [0.29, 0.717) is 17.9 Å². The number of ether oxygens (including phenoxy) is 1. The predicted octanol–water partition coefficient (Wildman–Crippen LogP) is 6.09. The Morgan fingerprint density at radius 1 is 0.955 bits per heavy atom. The molecule has 3 aromatic carbocycles. The van der Waals surface area contributed by atoms with Crippen LogP contribution in [0, 0.1) is 0 Å². The van der Waals surface area contributed by atoms with E-state index >= 15 is 0 Å². The Kier molecular flexibility index (Phi) is 12.3. The first-order valence-electron chi connectivity index (χ1n) is 15.1. The van der Waals surface area contributed by atoms with Crippen LogP contribution < -0.4 is 14.4 Å². The first-order chi connectivity index (χ1) is 21.1. The number of sulfonamides is 1. The third-order valence-corrected chi connectivity index (χ3v) is 9.71. The van der Waals surface area contributed by atoms with Gasteiger partial charge in [0.15, 0.2) is 0 Å². The molecule has 0 heterocycles. The third kappa shape index (κ3) is 9.82. The molecule has 236 valence electrons. The Labute approximate surface area is 270 Å². The second kappa shape index (κ2) is 16.1. The first kappa shape index (κ1) is 33.5. The summed E-state index contributed by atoms with van der Waals surface area (Å²) in [5.74, 6) is 0.188. The van der Waals surface area contributed by atoms with Crippen LogP contribution >= 0.6 is 15.9 Å². The van der Waals surface area contributed by atoms with Gasteiger partial charge in [-0.1, -0.05) is 83.7 Å². The summed E-state index contributed by atoms with van der Waals surface area (Å²) >= 11 is 3.48. The van der Waals surface area contributed by atoms with Crippen LogP contribution in [0.15, 0.2) is 83.3 Å². The second-order valence-electron chi connectivity index (χ2n) is 11.3. The van der Waals surface area contributed by atoms with Gasteiger partial charge in [0.05, 0.1) is 19.1 Å². The van der Waals surface area contributed by atoms with Crippen molar-refractivity contribution in [1.82, 2.24) is 10.2 Å². The van der Waals surface area contributed by atoms with E-state index in [1.54, 1.807) is 29.2 Å². The van der Waals surface area contributed by atoms with E-state index in [1.807, 2.05) is 54.6 Å². The standard InChI is InChI=1S/C34H42BrN3O5S/c1-43-31-16-9-15-30(24-31)38(44(2,41)42)22-10-17-33(39)37(25-27-18-20-28(35)21-19-27)32(23-26-11-5-3-6-12-26)34(40)36-29-13-7-4-8-14-29/h3,5-6,9,11-12,15-16,18-21,24,29,32H,4,7-8,10,13-14,17,22-23,25H2,1-2H3,(H,36,40)/t32-/m0/s1. The van der Waals surface area contributed by atoms with Gasteiger partial charge in [-0.25, -0.2) is 8.42 Å². The average Bonchev–Trinajstić information content (AvgIpc) is 3.02. The molecule has 1 aliphatic carbocycles. The molecule has 0 aromatic heterocycles. The van der Waals surface area contributed by atoms with E-state index in [-0.39, 0.29) is 43.8 Å². The van der Waals surface area contributed by atoms with Crippen LogP contribution in [-0.2, 0) is 32.6 Å². The van der Waals surface area contributed by atoms with Gasteiger partial charge in [-0.3, -0.25) is 13.9 Å². The van der Waals surface area contributed by atoms with Crippen molar-refractivity contribution in [3.05, 3.63) is 94.5 Å². The summed E-state index contributed by atoms with van der Waals surface area (Å²) < 4.78 is 33.0. The van der Waals surface area contributed by atoms with Gasteiger partial charge < -0.3 is 15.0 Å². The Bertz CT molecular complexity index is 1480. The number of rotatable bonds is 14.